The van der Waals surface area contributed by atoms with E-state index < -0.39 is 11.9 Å². The molecule has 1 aromatic heterocycles. The summed E-state index contributed by atoms with van der Waals surface area (Å²) >= 11 is 0. The molecule has 0 bridgehead atoms. The Labute approximate surface area is 215 Å². The molecule has 37 heavy (non-hydrogen) atoms. The van der Waals surface area contributed by atoms with Gasteiger partial charge in [-0.15, -0.1) is 10.2 Å². The molecule has 11 heteroatoms. The molecule has 0 saturated carbocycles. The number of nitrogens with one attached hydrogen (secondary N) is 1. The average molecular weight is 513 g/mol. The summed E-state index contributed by atoms with van der Waals surface area (Å²) in [7, 11) is 3.02. The molecular formula is C26H33FN6O4. The van der Waals surface area contributed by atoms with Gasteiger partial charge in [-0.05, 0) is 60.4 Å². The van der Waals surface area contributed by atoms with Crippen molar-refractivity contribution in [1.29, 1.82) is 0 Å². The van der Waals surface area contributed by atoms with E-state index in [1.807, 2.05) is 6.92 Å². The van der Waals surface area contributed by atoms with Crippen LogP contribution < -0.4 is 19.7 Å². The Bertz CT molecular complexity index is 1200. The molecule has 1 N–H and O–H groups in total. The second kappa shape index (κ2) is 12.8. The number of benzene rings is 2. The van der Waals surface area contributed by atoms with Crippen molar-refractivity contribution in [3.05, 3.63) is 48.3 Å². The van der Waals surface area contributed by atoms with Crippen molar-refractivity contribution in [2.24, 2.45) is 5.92 Å². The van der Waals surface area contributed by atoms with Crippen molar-refractivity contribution in [2.75, 3.05) is 25.7 Å². The van der Waals surface area contributed by atoms with Gasteiger partial charge in [0.05, 0.1) is 14.2 Å². The number of hydrogen-bond donors (Lipinski definition) is 1. The van der Waals surface area contributed by atoms with Crippen molar-refractivity contribution < 1.29 is 23.5 Å². The summed E-state index contributed by atoms with van der Waals surface area (Å²) in [6.07, 6.45) is 1.20. The Hall–Kier alpha value is -4.02. The zero-order valence-electron chi connectivity index (χ0n) is 21.8. The SMILES string of the molecule is CCC(C(=O)NCCC(C)C)N(C(=O)Cn1nnc(-c2ccc(F)cc2)n1)c1ccc(OC)c(OC)c1. The van der Waals surface area contributed by atoms with Gasteiger partial charge in [-0.3, -0.25) is 14.5 Å². The van der Waals surface area contributed by atoms with Gasteiger partial charge in [0.2, 0.25) is 11.7 Å². The second-order valence-corrected chi connectivity index (χ2v) is 8.85. The molecule has 198 valence electrons. The quantitative estimate of drug-likeness (QED) is 0.396. The highest BCUT2D eigenvalue weighted by atomic mass is 19.1. The molecule has 0 fully saturated rings. The standard InChI is InChI=1S/C26H33FN6O4/c1-6-21(26(35)28-14-13-17(2)3)33(20-11-12-22(36-4)23(15-20)37-5)24(34)16-32-30-25(29-31-32)18-7-9-19(27)10-8-18/h7-12,15,17,21H,6,13-14,16H2,1-5H3,(H,28,35). The van der Waals surface area contributed by atoms with Crippen LogP contribution in [0, 0.1) is 11.7 Å². The number of amides is 2. The van der Waals surface area contributed by atoms with E-state index in [-0.39, 0.29) is 24.1 Å². The normalized spacial score (nSPS) is 11.8. The van der Waals surface area contributed by atoms with Gasteiger partial charge in [-0.25, -0.2) is 4.39 Å². The summed E-state index contributed by atoms with van der Waals surface area (Å²) in [5.41, 5.74) is 1.03. The third-order valence-electron chi connectivity index (χ3n) is 5.77. The number of rotatable bonds is 12. The molecule has 3 rings (SSSR count). The van der Waals surface area contributed by atoms with Gasteiger partial charge < -0.3 is 14.8 Å². The van der Waals surface area contributed by atoms with E-state index in [1.54, 1.807) is 18.2 Å². The van der Waals surface area contributed by atoms with E-state index in [0.29, 0.717) is 41.6 Å². The third kappa shape index (κ3) is 7.02. The van der Waals surface area contributed by atoms with Crippen LogP contribution in [0.2, 0.25) is 0 Å². The van der Waals surface area contributed by atoms with Crippen LogP contribution in [0.5, 0.6) is 11.5 Å². The number of tetrazole rings is 1. The minimum Gasteiger partial charge on any atom is -0.493 e. The van der Waals surface area contributed by atoms with E-state index in [2.05, 4.69) is 34.6 Å². The van der Waals surface area contributed by atoms with E-state index in [4.69, 9.17) is 9.47 Å². The highest BCUT2D eigenvalue weighted by molar-refractivity contribution is 6.00. The Morgan fingerprint density at radius 2 is 1.78 bits per heavy atom. The monoisotopic (exact) mass is 512 g/mol. The van der Waals surface area contributed by atoms with Gasteiger partial charge in [-0.2, -0.15) is 4.80 Å². The van der Waals surface area contributed by atoms with E-state index >= 15 is 0 Å². The molecule has 0 aliphatic carbocycles. The van der Waals surface area contributed by atoms with Crippen LogP contribution in [-0.2, 0) is 16.1 Å². The predicted molar refractivity (Wildman–Crippen MR) is 137 cm³/mol. The lowest BCUT2D eigenvalue weighted by atomic mass is 10.1. The molecule has 1 unspecified atom stereocenters. The summed E-state index contributed by atoms with van der Waals surface area (Å²) in [5, 5.41) is 15.2. The number of carbonyl (C=O) groups excluding carboxylic acids is 2. The molecule has 0 aliphatic rings. The van der Waals surface area contributed by atoms with Crippen molar-refractivity contribution in [3.63, 3.8) is 0 Å². The van der Waals surface area contributed by atoms with Crippen LogP contribution in [0.1, 0.15) is 33.6 Å². The average Bonchev–Trinajstić information content (AvgIpc) is 3.35. The number of nitrogens with zero attached hydrogens (tertiary/aromatic N) is 5. The minimum absolute atomic E-state index is 0.254. The lowest BCUT2D eigenvalue weighted by Gasteiger charge is -2.31. The lowest BCUT2D eigenvalue weighted by molar-refractivity contribution is -0.127. The molecule has 2 aromatic carbocycles. The molecule has 10 nitrogen and oxygen atoms in total. The molecule has 2 amide bonds. The highest BCUT2D eigenvalue weighted by Gasteiger charge is 2.31. The van der Waals surface area contributed by atoms with Crippen LogP contribution >= 0.6 is 0 Å². The number of hydrogen-bond acceptors (Lipinski definition) is 7. The Morgan fingerprint density at radius 3 is 2.41 bits per heavy atom. The molecular weight excluding hydrogens is 479 g/mol. The largest absolute Gasteiger partial charge is 0.493 e. The topological polar surface area (TPSA) is 111 Å². The number of methoxy groups -OCH3 is 2. The van der Waals surface area contributed by atoms with Gasteiger partial charge in [-0.1, -0.05) is 20.8 Å². The van der Waals surface area contributed by atoms with Gasteiger partial charge in [0.25, 0.3) is 5.91 Å². The Kier molecular flexibility index (Phi) is 9.53. The lowest BCUT2D eigenvalue weighted by Crippen LogP contribution is -2.51. The van der Waals surface area contributed by atoms with Crippen molar-refractivity contribution in [3.8, 4) is 22.9 Å². The second-order valence-electron chi connectivity index (χ2n) is 8.85. The first-order valence-corrected chi connectivity index (χ1v) is 12.1. The van der Waals surface area contributed by atoms with Crippen LogP contribution in [0.25, 0.3) is 11.4 Å². The maximum Gasteiger partial charge on any atom is 0.251 e. The third-order valence-corrected chi connectivity index (χ3v) is 5.77. The first-order chi connectivity index (χ1) is 17.8. The van der Waals surface area contributed by atoms with E-state index in [0.717, 1.165) is 11.2 Å². The smallest absolute Gasteiger partial charge is 0.251 e. The summed E-state index contributed by atoms with van der Waals surface area (Å²) < 4.78 is 24.0. The maximum atomic E-state index is 13.6. The van der Waals surface area contributed by atoms with Crippen LogP contribution in [0.4, 0.5) is 10.1 Å². The number of aromatic nitrogens is 4. The van der Waals surface area contributed by atoms with Crippen LogP contribution in [-0.4, -0.2) is 58.8 Å². The molecule has 0 radical (unpaired) electrons. The summed E-state index contributed by atoms with van der Waals surface area (Å²) in [6, 6.07) is 9.90. The first kappa shape index (κ1) is 27.6. The predicted octanol–water partition coefficient (Wildman–Crippen LogP) is 3.47. The number of halogens is 1. The van der Waals surface area contributed by atoms with Crippen LogP contribution in [0.3, 0.4) is 0 Å². The summed E-state index contributed by atoms with van der Waals surface area (Å²) in [4.78, 5) is 29.4. The first-order valence-electron chi connectivity index (χ1n) is 12.1. The molecule has 0 spiro atoms. The summed E-state index contributed by atoms with van der Waals surface area (Å²) in [6.45, 7) is 6.24. The number of ether oxygens (including phenoxy) is 2. The van der Waals surface area contributed by atoms with Gasteiger partial charge in [0.15, 0.2) is 11.5 Å². The molecule has 1 heterocycles. The molecule has 0 saturated heterocycles. The van der Waals surface area contributed by atoms with Crippen LogP contribution in [0.15, 0.2) is 42.5 Å². The molecule has 1 atom stereocenters. The van der Waals surface area contributed by atoms with Crippen molar-refractivity contribution in [2.45, 2.75) is 46.2 Å². The van der Waals surface area contributed by atoms with Crippen molar-refractivity contribution in [1.82, 2.24) is 25.5 Å². The Balaban J connectivity index is 1.91. The van der Waals surface area contributed by atoms with E-state index in [9.17, 15) is 14.0 Å². The number of anilines is 1. The van der Waals surface area contributed by atoms with Gasteiger partial charge >= 0.3 is 0 Å². The van der Waals surface area contributed by atoms with E-state index in [1.165, 1.54) is 43.4 Å². The van der Waals surface area contributed by atoms with Crippen molar-refractivity contribution >= 4 is 17.5 Å². The maximum absolute atomic E-state index is 13.6. The highest BCUT2D eigenvalue weighted by Crippen LogP contribution is 2.33. The summed E-state index contributed by atoms with van der Waals surface area (Å²) in [5.74, 6) is 0.544. The zero-order chi connectivity index (χ0) is 26.9. The fraction of sp³-hybridized carbons (Fsp3) is 0.423. The number of carbonyl (C=O) groups is 2. The fourth-order valence-corrected chi connectivity index (χ4v) is 3.78. The van der Waals surface area contributed by atoms with Gasteiger partial charge in [0.1, 0.15) is 18.4 Å². The molecule has 3 aromatic rings. The Morgan fingerprint density at radius 1 is 1.08 bits per heavy atom. The zero-order valence-corrected chi connectivity index (χ0v) is 21.8. The van der Waals surface area contributed by atoms with Gasteiger partial charge in [0, 0.05) is 23.9 Å². The fourth-order valence-electron chi connectivity index (χ4n) is 3.78. The molecule has 0 aliphatic heterocycles. The minimum atomic E-state index is -0.780.